The van der Waals surface area contributed by atoms with E-state index < -0.39 is 0 Å². The van der Waals surface area contributed by atoms with Crippen molar-refractivity contribution < 1.29 is 5.11 Å². The van der Waals surface area contributed by atoms with E-state index in [2.05, 4.69) is 15.0 Å². The molecule has 0 amide bonds. The van der Waals surface area contributed by atoms with E-state index in [4.69, 9.17) is 5.73 Å². The molecule has 1 saturated carbocycles. The standard InChI is InChI=1S/C14H24N4O/c15-7-1-2-8-18-14-6-4-11-10(12(11)9-19)3-5-13(14)16-17-18/h10-12,19H,1-9,15H2/t10-,11?,12?/m0/s1. The molecule has 0 bridgehead atoms. The SMILES string of the molecule is NCCCCn1nnc2c1CCC1C(CO)[C@H]1CC2. The van der Waals surface area contributed by atoms with Gasteiger partial charge < -0.3 is 10.8 Å². The molecule has 0 aromatic carbocycles. The van der Waals surface area contributed by atoms with E-state index in [1.54, 1.807) is 0 Å². The second kappa shape index (κ2) is 5.59. The van der Waals surface area contributed by atoms with Crippen LogP contribution in [0.5, 0.6) is 0 Å². The number of rotatable bonds is 5. The first kappa shape index (κ1) is 13.1. The lowest BCUT2D eigenvalue weighted by Crippen LogP contribution is -2.10. The van der Waals surface area contributed by atoms with Gasteiger partial charge in [0.05, 0.1) is 11.4 Å². The van der Waals surface area contributed by atoms with Crippen LogP contribution in [0.2, 0.25) is 0 Å². The highest BCUT2D eigenvalue weighted by atomic mass is 16.3. The van der Waals surface area contributed by atoms with Crippen molar-refractivity contribution in [3.8, 4) is 0 Å². The van der Waals surface area contributed by atoms with Crippen molar-refractivity contribution in [2.24, 2.45) is 23.5 Å². The molecule has 2 unspecified atom stereocenters. The first-order valence-electron chi connectivity index (χ1n) is 7.57. The largest absolute Gasteiger partial charge is 0.396 e. The highest BCUT2D eigenvalue weighted by Crippen LogP contribution is 2.52. The molecule has 5 nitrogen and oxygen atoms in total. The second-order valence-corrected chi connectivity index (χ2v) is 5.95. The molecule has 106 valence electrons. The lowest BCUT2D eigenvalue weighted by Gasteiger charge is -2.10. The Balaban J connectivity index is 1.66. The lowest BCUT2D eigenvalue weighted by atomic mass is 10.0. The Morgan fingerprint density at radius 2 is 2.00 bits per heavy atom. The lowest BCUT2D eigenvalue weighted by molar-refractivity contribution is 0.262. The normalized spacial score (nSPS) is 29.3. The summed E-state index contributed by atoms with van der Waals surface area (Å²) in [6.45, 7) is 2.05. The van der Waals surface area contributed by atoms with Crippen LogP contribution in [-0.2, 0) is 19.4 Å². The first-order chi connectivity index (χ1) is 9.35. The van der Waals surface area contributed by atoms with Crippen LogP contribution in [0.3, 0.4) is 0 Å². The summed E-state index contributed by atoms with van der Waals surface area (Å²) in [5, 5.41) is 18.0. The van der Waals surface area contributed by atoms with E-state index in [0.29, 0.717) is 12.5 Å². The van der Waals surface area contributed by atoms with Crippen LogP contribution in [0.15, 0.2) is 0 Å². The minimum atomic E-state index is 0.363. The number of nitrogens with two attached hydrogens (primary N) is 1. The Kier molecular flexibility index (Phi) is 3.84. The van der Waals surface area contributed by atoms with Gasteiger partial charge in [0.2, 0.25) is 0 Å². The number of hydrogen-bond acceptors (Lipinski definition) is 4. The summed E-state index contributed by atoms with van der Waals surface area (Å²) in [6.07, 6.45) is 6.59. The van der Waals surface area contributed by atoms with Gasteiger partial charge in [-0.25, -0.2) is 4.68 Å². The molecule has 0 aliphatic heterocycles. The fraction of sp³-hybridized carbons (Fsp3) is 0.857. The number of aryl methyl sites for hydroxylation is 2. The summed E-state index contributed by atoms with van der Waals surface area (Å²) in [5.41, 5.74) is 8.06. The zero-order valence-electron chi connectivity index (χ0n) is 11.5. The predicted octanol–water partition coefficient (Wildman–Crippen LogP) is 0.750. The molecule has 5 heteroatoms. The Labute approximate surface area is 114 Å². The molecule has 2 aliphatic rings. The summed E-state index contributed by atoms with van der Waals surface area (Å²) in [4.78, 5) is 0. The predicted molar refractivity (Wildman–Crippen MR) is 72.5 cm³/mol. The number of nitrogens with zero attached hydrogens (tertiary/aromatic N) is 3. The summed E-state index contributed by atoms with van der Waals surface area (Å²) >= 11 is 0. The minimum Gasteiger partial charge on any atom is -0.396 e. The van der Waals surface area contributed by atoms with Gasteiger partial charge in [-0.05, 0) is 62.8 Å². The fourth-order valence-electron chi connectivity index (χ4n) is 3.68. The van der Waals surface area contributed by atoms with Crippen LogP contribution in [-0.4, -0.2) is 33.3 Å². The van der Waals surface area contributed by atoms with Crippen molar-refractivity contribution in [1.29, 1.82) is 0 Å². The molecule has 3 rings (SSSR count). The van der Waals surface area contributed by atoms with Gasteiger partial charge in [0.15, 0.2) is 0 Å². The molecule has 3 atom stereocenters. The Morgan fingerprint density at radius 3 is 2.74 bits per heavy atom. The third-order valence-electron chi connectivity index (χ3n) is 4.89. The topological polar surface area (TPSA) is 77.0 Å². The van der Waals surface area contributed by atoms with Gasteiger partial charge in [0.1, 0.15) is 0 Å². The van der Waals surface area contributed by atoms with E-state index in [0.717, 1.165) is 50.6 Å². The Morgan fingerprint density at radius 1 is 1.21 bits per heavy atom. The highest BCUT2D eigenvalue weighted by Gasteiger charge is 2.49. The highest BCUT2D eigenvalue weighted by molar-refractivity contribution is 5.15. The zero-order chi connectivity index (χ0) is 13.2. The van der Waals surface area contributed by atoms with Gasteiger partial charge in [-0.1, -0.05) is 5.21 Å². The quantitative estimate of drug-likeness (QED) is 0.769. The summed E-state index contributed by atoms with van der Waals surface area (Å²) in [6, 6.07) is 0. The maximum absolute atomic E-state index is 9.34. The molecular formula is C14H24N4O. The van der Waals surface area contributed by atoms with Gasteiger partial charge in [0, 0.05) is 13.2 Å². The molecule has 0 saturated heterocycles. The second-order valence-electron chi connectivity index (χ2n) is 5.95. The van der Waals surface area contributed by atoms with Gasteiger partial charge in [-0.3, -0.25) is 0 Å². The van der Waals surface area contributed by atoms with Crippen molar-refractivity contribution >= 4 is 0 Å². The molecular weight excluding hydrogens is 240 g/mol. The molecule has 0 radical (unpaired) electrons. The molecule has 1 aromatic rings. The van der Waals surface area contributed by atoms with Crippen molar-refractivity contribution in [2.75, 3.05) is 13.2 Å². The van der Waals surface area contributed by atoms with Crippen LogP contribution >= 0.6 is 0 Å². The maximum Gasteiger partial charge on any atom is 0.0859 e. The molecule has 1 aromatic heterocycles. The molecule has 3 N–H and O–H groups in total. The summed E-state index contributed by atoms with van der Waals surface area (Å²) in [5.74, 6) is 2.04. The average Bonchev–Trinajstić information content (AvgIpc) is 2.93. The van der Waals surface area contributed by atoms with Crippen LogP contribution < -0.4 is 5.73 Å². The molecule has 19 heavy (non-hydrogen) atoms. The monoisotopic (exact) mass is 264 g/mol. The summed E-state index contributed by atoms with van der Waals surface area (Å²) < 4.78 is 2.08. The maximum atomic E-state index is 9.34. The van der Waals surface area contributed by atoms with Crippen LogP contribution in [0, 0.1) is 17.8 Å². The van der Waals surface area contributed by atoms with E-state index in [1.807, 2.05) is 0 Å². The third kappa shape index (κ3) is 2.54. The number of aromatic nitrogens is 3. The van der Waals surface area contributed by atoms with E-state index >= 15 is 0 Å². The Bertz CT molecular complexity index is 431. The van der Waals surface area contributed by atoms with Crippen LogP contribution in [0.4, 0.5) is 0 Å². The average molecular weight is 264 g/mol. The summed E-state index contributed by atoms with van der Waals surface area (Å²) in [7, 11) is 0. The van der Waals surface area contributed by atoms with E-state index in [-0.39, 0.29) is 0 Å². The first-order valence-corrected chi connectivity index (χ1v) is 7.57. The van der Waals surface area contributed by atoms with Gasteiger partial charge in [-0.2, -0.15) is 0 Å². The zero-order valence-corrected chi connectivity index (χ0v) is 11.5. The molecule has 0 spiro atoms. The van der Waals surface area contributed by atoms with E-state index in [9.17, 15) is 5.11 Å². The van der Waals surface area contributed by atoms with Crippen LogP contribution in [0.25, 0.3) is 0 Å². The molecule has 2 aliphatic carbocycles. The molecule has 1 fully saturated rings. The van der Waals surface area contributed by atoms with Gasteiger partial charge in [-0.15, -0.1) is 5.10 Å². The van der Waals surface area contributed by atoms with Crippen molar-refractivity contribution in [1.82, 2.24) is 15.0 Å². The number of aliphatic hydroxyl groups excluding tert-OH is 1. The number of aliphatic hydroxyl groups is 1. The van der Waals surface area contributed by atoms with Crippen molar-refractivity contribution in [3.05, 3.63) is 11.4 Å². The smallest absolute Gasteiger partial charge is 0.0859 e. The van der Waals surface area contributed by atoms with Gasteiger partial charge >= 0.3 is 0 Å². The van der Waals surface area contributed by atoms with E-state index in [1.165, 1.54) is 24.2 Å². The van der Waals surface area contributed by atoms with Crippen molar-refractivity contribution in [2.45, 2.75) is 45.1 Å². The van der Waals surface area contributed by atoms with Crippen LogP contribution in [0.1, 0.15) is 37.1 Å². The number of unbranched alkanes of at least 4 members (excludes halogenated alkanes) is 1. The van der Waals surface area contributed by atoms with Crippen molar-refractivity contribution in [3.63, 3.8) is 0 Å². The minimum absolute atomic E-state index is 0.363. The fourth-order valence-corrected chi connectivity index (χ4v) is 3.68. The number of fused-ring (bicyclic) bond motifs is 2. The Hall–Kier alpha value is -0.940. The van der Waals surface area contributed by atoms with Gasteiger partial charge in [0.25, 0.3) is 0 Å². The number of hydrogen-bond donors (Lipinski definition) is 2. The third-order valence-corrected chi connectivity index (χ3v) is 4.89. The molecule has 1 heterocycles.